The van der Waals surface area contributed by atoms with Crippen molar-refractivity contribution in [2.75, 3.05) is 6.61 Å². The van der Waals surface area contributed by atoms with Crippen LogP contribution in [0.5, 0.6) is 11.5 Å². The zero-order valence-electron chi connectivity index (χ0n) is 15.3. The average Bonchev–Trinajstić information content (AvgIpc) is 2.69. The van der Waals surface area contributed by atoms with Gasteiger partial charge in [0, 0.05) is 4.47 Å². The van der Waals surface area contributed by atoms with Gasteiger partial charge in [-0.3, -0.25) is 20.2 Å². The second kappa shape index (κ2) is 9.23. The lowest BCUT2D eigenvalue weighted by atomic mass is 10.1. The van der Waals surface area contributed by atoms with Crippen LogP contribution in [0.4, 0.5) is 4.79 Å². The molecule has 0 unspecified atom stereocenters. The largest absolute Gasteiger partial charge is 0.490 e. The molecule has 1 saturated heterocycles. The number of hydrogen-bond donors (Lipinski definition) is 2. The predicted octanol–water partition coefficient (Wildman–Crippen LogP) is 3.94. The molecule has 0 atom stereocenters. The number of hydrogen-bond acceptors (Lipinski definition) is 5. The zero-order valence-corrected chi connectivity index (χ0v) is 18.4. The second-order valence-electron chi connectivity index (χ2n) is 5.92. The quantitative estimate of drug-likeness (QED) is 0.442. The van der Waals surface area contributed by atoms with E-state index >= 15 is 0 Å². The molecule has 0 saturated carbocycles. The molecule has 4 amide bonds. The van der Waals surface area contributed by atoms with Gasteiger partial charge < -0.3 is 9.47 Å². The molecule has 0 radical (unpaired) electrons. The van der Waals surface area contributed by atoms with Gasteiger partial charge in [0.1, 0.15) is 12.2 Å². The van der Waals surface area contributed by atoms with E-state index in [4.69, 9.17) is 9.47 Å². The molecule has 29 heavy (non-hydrogen) atoms. The van der Waals surface area contributed by atoms with Crippen LogP contribution in [0.3, 0.4) is 0 Å². The Bertz CT molecular complexity index is 984. The normalized spacial score (nSPS) is 13.6. The number of imide groups is 2. The first kappa shape index (κ1) is 21.1. The fourth-order valence-corrected chi connectivity index (χ4v) is 3.55. The maximum atomic E-state index is 12.0. The Morgan fingerprint density at radius 3 is 2.24 bits per heavy atom. The summed E-state index contributed by atoms with van der Waals surface area (Å²) in [6.07, 6.45) is 1.37. The van der Waals surface area contributed by atoms with E-state index in [0.29, 0.717) is 39.2 Å². The molecule has 0 bridgehead atoms. The lowest BCUT2D eigenvalue weighted by molar-refractivity contribution is -0.123. The van der Waals surface area contributed by atoms with Gasteiger partial charge in [0.2, 0.25) is 0 Å². The Labute approximate surface area is 183 Å². The number of amides is 4. The average molecular weight is 524 g/mol. The lowest BCUT2D eigenvalue weighted by Crippen LogP contribution is -2.51. The van der Waals surface area contributed by atoms with Gasteiger partial charge in [-0.25, -0.2) is 4.79 Å². The van der Waals surface area contributed by atoms with E-state index in [1.54, 1.807) is 6.07 Å². The van der Waals surface area contributed by atoms with Crippen molar-refractivity contribution in [3.63, 3.8) is 0 Å². The summed E-state index contributed by atoms with van der Waals surface area (Å²) in [6, 6.07) is 10.5. The van der Waals surface area contributed by atoms with Crippen molar-refractivity contribution in [2.24, 2.45) is 0 Å². The van der Waals surface area contributed by atoms with Crippen molar-refractivity contribution >= 4 is 55.8 Å². The Balaban J connectivity index is 1.97. The van der Waals surface area contributed by atoms with E-state index in [-0.39, 0.29) is 5.57 Å². The third-order valence-electron chi connectivity index (χ3n) is 3.92. The number of carbonyl (C=O) groups is 3. The zero-order chi connectivity index (χ0) is 21.0. The van der Waals surface area contributed by atoms with Crippen LogP contribution in [0, 0.1) is 0 Å². The fraction of sp³-hybridized carbons (Fsp3) is 0.150. The van der Waals surface area contributed by atoms with Gasteiger partial charge >= 0.3 is 6.03 Å². The Morgan fingerprint density at radius 1 is 0.966 bits per heavy atom. The van der Waals surface area contributed by atoms with Crippen molar-refractivity contribution in [2.45, 2.75) is 13.5 Å². The van der Waals surface area contributed by atoms with Gasteiger partial charge in [0.05, 0.1) is 11.1 Å². The molecule has 9 heteroatoms. The molecule has 3 rings (SSSR count). The summed E-state index contributed by atoms with van der Waals surface area (Å²) >= 11 is 6.96. The van der Waals surface area contributed by atoms with Crippen LogP contribution in [0.2, 0.25) is 0 Å². The summed E-state index contributed by atoms with van der Waals surface area (Å²) in [4.78, 5) is 35.2. The molecule has 0 spiro atoms. The van der Waals surface area contributed by atoms with Crippen LogP contribution in [-0.2, 0) is 16.2 Å². The van der Waals surface area contributed by atoms with Crippen molar-refractivity contribution in [3.05, 3.63) is 62.0 Å². The van der Waals surface area contributed by atoms with Gasteiger partial charge in [-0.1, -0.05) is 30.3 Å². The molecule has 0 aliphatic carbocycles. The van der Waals surface area contributed by atoms with E-state index < -0.39 is 17.8 Å². The summed E-state index contributed by atoms with van der Waals surface area (Å²) in [5.74, 6) is -0.621. The van der Waals surface area contributed by atoms with Crippen molar-refractivity contribution in [3.8, 4) is 11.5 Å². The maximum Gasteiger partial charge on any atom is 0.328 e. The van der Waals surface area contributed by atoms with E-state index in [9.17, 15) is 14.4 Å². The van der Waals surface area contributed by atoms with E-state index in [0.717, 1.165) is 5.56 Å². The SMILES string of the molecule is CCOc1cc(C=C2C(=O)NC(=O)NC2=O)c(Br)c(Br)c1OCc1ccccc1. The molecule has 1 aliphatic heterocycles. The third kappa shape index (κ3) is 4.86. The molecular formula is C20H16Br2N2O5. The molecule has 2 aromatic rings. The molecule has 1 fully saturated rings. The summed E-state index contributed by atoms with van der Waals surface area (Å²) in [6.45, 7) is 2.56. The van der Waals surface area contributed by atoms with Crippen LogP contribution in [0.25, 0.3) is 6.08 Å². The van der Waals surface area contributed by atoms with E-state index in [2.05, 4.69) is 31.9 Å². The molecule has 150 valence electrons. The molecular weight excluding hydrogens is 508 g/mol. The summed E-state index contributed by atoms with van der Waals surface area (Å²) in [5.41, 5.74) is 1.30. The van der Waals surface area contributed by atoms with Crippen LogP contribution in [0.1, 0.15) is 18.1 Å². The number of nitrogens with one attached hydrogen (secondary N) is 2. The minimum absolute atomic E-state index is 0.197. The fourth-order valence-electron chi connectivity index (χ4n) is 2.60. The molecule has 2 N–H and O–H groups in total. The third-order valence-corrected chi connectivity index (χ3v) is 6.07. The highest BCUT2D eigenvalue weighted by Crippen LogP contribution is 2.44. The number of ether oxygens (including phenoxy) is 2. The number of benzene rings is 2. The number of urea groups is 1. The first-order valence-corrected chi connectivity index (χ1v) is 10.2. The first-order valence-electron chi connectivity index (χ1n) is 8.60. The van der Waals surface area contributed by atoms with Gasteiger partial charge in [-0.15, -0.1) is 0 Å². The molecule has 2 aromatic carbocycles. The first-order chi connectivity index (χ1) is 13.9. The standard InChI is InChI=1S/C20H16Br2N2O5/c1-2-28-14-9-12(8-13-18(25)23-20(27)24-19(13)26)15(21)16(22)17(14)29-10-11-6-4-3-5-7-11/h3-9H,2,10H2,1H3,(H2,23,24,25,26,27). The number of halogens is 2. The smallest absolute Gasteiger partial charge is 0.328 e. The Hall–Kier alpha value is -2.65. The number of barbiturate groups is 1. The minimum Gasteiger partial charge on any atom is -0.490 e. The highest BCUT2D eigenvalue weighted by atomic mass is 79.9. The van der Waals surface area contributed by atoms with Gasteiger partial charge in [0.25, 0.3) is 11.8 Å². The Kier molecular flexibility index (Phi) is 6.71. The van der Waals surface area contributed by atoms with Crippen molar-refractivity contribution in [1.29, 1.82) is 0 Å². The van der Waals surface area contributed by atoms with E-state index in [1.165, 1.54) is 6.08 Å². The summed E-state index contributed by atoms with van der Waals surface area (Å²) in [5, 5.41) is 4.09. The molecule has 7 nitrogen and oxygen atoms in total. The monoisotopic (exact) mass is 522 g/mol. The molecule has 1 heterocycles. The summed E-state index contributed by atoms with van der Waals surface area (Å²) in [7, 11) is 0. The maximum absolute atomic E-state index is 12.0. The topological polar surface area (TPSA) is 93.7 Å². The second-order valence-corrected chi connectivity index (χ2v) is 7.51. The molecule has 1 aliphatic rings. The highest BCUT2D eigenvalue weighted by molar-refractivity contribution is 9.13. The van der Waals surface area contributed by atoms with Crippen LogP contribution >= 0.6 is 31.9 Å². The minimum atomic E-state index is -0.850. The number of carbonyl (C=O) groups excluding carboxylic acids is 3. The van der Waals surface area contributed by atoms with Crippen molar-refractivity contribution < 1.29 is 23.9 Å². The Morgan fingerprint density at radius 2 is 1.62 bits per heavy atom. The van der Waals surface area contributed by atoms with Gasteiger partial charge in [-0.05, 0) is 62.1 Å². The van der Waals surface area contributed by atoms with Gasteiger partial charge in [-0.2, -0.15) is 0 Å². The van der Waals surface area contributed by atoms with Crippen LogP contribution in [-0.4, -0.2) is 24.5 Å². The predicted molar refractivity (Wildman–Crippen MR) is 113 cm³/mol. The van der Waals surface area contributed by atoms with E-state index in [1.807, 2.05) is 47.9 Å². The van der Waals surface area contributed by atoms with Gasteiger partial charge in [0.15, 0.2) is 11.5 Å². The molecule has 0 aromatic heterocycles. The van der Waals surface area contributed by atoms with Crippen LogP contribution in [0.15, 0.2) is 50.9 Å². The highest BCUT2D eigenvalue weighted by Gasteiger charge is 2.28. The summed E-state index contributed by atoms with van der Waals surface area (Å²) < 4.78 is 12.8. The van der Waals surface area contributed by atoms with Crippen LogP contribution < -0.4 is 20.1 Å². The number of rotatable bonds is 6. The van der Waals surface area contributed by atoms with Crippen molar-refractivity contribution in [1.82, 2.24) is 10.6 Å². The lowest BCUT2D eigenvalue weighted by Gasteiger charge is -2.18.